The molecule has 0 spiro atoms. The van der Waals surface area contributed by atoms with E-state index in [-0.39, 0.29) is 16.2 Å². The highest BCUT2D eigenvalue weighted by molar-refractivity contribution is 7.89. The van der Waals surface area contributed by atoms with Gasteiger partial charge < -0.3 is 0 Å². The van der Waals surface area contributed by atoms with Crippen molar-refractivity contribution in [3.63, 3.8) is 0 Å². The zero-order valence-corrected chi connectivity index (χ0v) is 10.4. The molecule has 1 N–H and O–H groups in total. The van der Waals surface area contributed by atoms with Crippen molar-refractivity contribution in [3.8, 4) is 0 Å². The van der Waals surface area contributed by atoms with E-state index in [1.165, 1.54) is 4.40 Å². The Bertz CT molecular complexity index is 676. The molecule has 0 aromatic carbocycles. The number of rotatable bonds is 3. The quantitative estimate of drug-likeness (QED) is 0.918. The van der Waals surface area contributed by atoms with Crippen LogP contribution in [0.1, 0.15) is 12.8 Å². The molecule has 0 aliphatic heterocycles. The summed E-state index contributed by atoms with van der Waals surface area (Å²) in [4.78, 5) is 4.02. The van der Waals surface area contributed by atoms with Crippen LogP contribution < -0.4 is 4.72 Å². The van der Waals surface area contributed by atoms with Gasteiger partial charge in [-0.05, 0) is 25.0 Å². The van der Waals surface area contributed by atoms with Crippen LogP contribution in [0.25, 0.3) is 5.65 Å². The molecule has 90 valence electrons. The summed E-state index contributed by atoms with van der Waals surface area (Å²) in [5, 5.41) is 0.0195. The molecule has 1 aliphatic rings. The summed E-state index contributed by atoms with van der Waals surface area (Å²) in [6.07, 6.45) is 3.40. The van der Waals surface area contributed by atoms with Crippen molar-refractivity contribution >= 4 is 27.3 Å². The average molecular weight is 272 g/mol. The van der Waals surface area contributed by atoms with Crippen molar-refractivity contribution in [1.82, 2.24) is 14.1 Å². The largest absolute Gasteiger partial charge is 0.288 e. The number of hydrogen-bond donors (Lipinski definition) is 1. The lowest BCUT2D eigenvalue weighted by Gasteiger charge is -2.05. The van der Waals surface area contributed by atoms with E-state index in [9.17, 15) is 8.42 Å². The Balaban J connectivity index is 2.18. The Morgan fingerprint density at radius 1 is 1.41 bits per heavy atom. The molecular weight excluding hydrogens is 262 g/mol. The third-order valence-corrected chi connectivity index (χ3v) is 4.52. The van der Waals surface area contributed by atoms with Crippen LogP contribution in [0.5, 0.6) is 0 Å². The number of nitrogens with zero attached hydrogens (tertiary/aromatic N) is 2. The van der Waals surface area contributed by atoms with Crippen LogP contribution >= 0.6 is 11.6 Å². The predicted octanol–water partition coefficient (Wildman–Crippen LogP) is 1.43. The van der Waals surface area contributed by atoms with Crippen molar-refractivity contribution in [2.45, 2.75) is 23.9 Å². The second kappa shape index (κ2) is 3.69. The summed E-state index contributed by atoms with van der Waals surface area (Å²) >= 11 is 5.90. The zero-order chi connectivity index (χ0) is 12.0. The zero-order valence-electron chi connectivity index (χ0n) is 8.80. The Morgan fingerprint density at radius 3 is 2.88 bits per heavy atom. The highest BCUT2D eigenvalue weighted by atomic mass is 35.5. The maximum Gasteiger partial charge on any atom is 0.260 e. The second-order valence-electron chi connectivity index (χ2n) is 4.03. The van der Waals surface area contributed by atoms with Crippen molar-refractivity contribution in [3.05, 3.63) is 29.5 Å². The first-order valence-corrected chi connectivity index (χ1v) is 7.09. The standard InChI is InChI=1S/C10H10ClN3O2S/c11-9-10(17(15,16)13-7-4-5-7)14-6-2-1-3-8(14)12-9/h1-3,6-7,13H,4-5H2. The summed E-state index contributed by atoms with van der Waals surface area (Å²) in [6, 6.07) is 5.28. The molecule has 0 unspecified atom stereocenters. The minimum atomic E-state index is -3.59. The van der Waals surface area contributed by atoms with Crippen molar-refractivity contribution < 1.29 is 8.42 Å². The average Bonchev–Trinajstić information content (AvgIpc) is 2.96. The van der Waals surface area contributed by atoms with Gasteiger partial charge in [-0.1, -0.05) is 17.7 Å². The molecule has 0 saturated heterocycles. The van der Waals surface area contributed by atoms with Crippen LogP contribution in [0.3, 0.4) is 0 Å². The highest BCUT2D eigenvalue weighted by Crippen LogP contribution is 2.26. The fourth-order valence-electron chi connectivity index (χ4n) is 1.66. The SMILES string of the molecule is O=S(=O)(NC1CC1)c1c(Cl)nc2ccccn12. The molecule has 1 saturated carbocycles. The van der Waals surface area contributed by atoms with Crippen LogP contribution in [-0.4, -0.2) is 23.8 Å². The molecular formula is C10H10ClN3O2S. The van der Waals surface area contributed by atoms with E-state index in [0.717, 1.165) is 12.8 Å². The van der Waals surface area contributed by atoms with Gasteiger partial charge in [-0.25, -0.2) is 18.1 Å². The number of sulfonamides is 1. The number of aromatic nitrogens is 2. The topological polar surface area (TPSA) is 63.5 Å². The van der Waals surface area contributed by atoms with E-state index >= 15 is 0 Å². The van der Waals surface area contributed by atoms with E-state index in [1.54, 1.807) is 24.4 Å². The Morgan fingerprint density at radius 2 is 2.18 bits per heavy atom. The predicted molar refractivity (Wildman–Crippen MR) is 63.5 cm³/mol. The molecule has 1 aliphatic carbocycles. The van der Waals surface area contributed by atoms with Gasteiger partial charge in [0.1, 0.15) is 5.65 Å². The number of imidazole rings is 1. The summed E-state index contributed by atoms with van der Waals surface area (Å²) in [5.41, 5.74) is 0.522. The minimum Gasteiger partial charge on any atom is -0.288 e. The van der Waals surface area contributed by atoms with E-state index in [2.05, 4.69) is 9.71 Å². The Hall–Kier alpha value is -1.11. The molecule has 0 bridgehead atoms. The van der Waals surface area contributed by atoms with Crippen LogP contribution in [0, 0.1) is 0 Å². The third kappa shape index (κ3) is 1.92. The number of fused-ring (bicyclic) bond motifs is 1. The van der Waals surface area contributed by atoms with Crippen LogP contribution in [0.15, 0.2) is 29.4 Å². The number of pyridine rings is 1. The lowest BCUT2D eigenvalue weighted by atomic mass is 10.5. The number of halogens is 1. The lowest BCUT2D eigenvalue weighted by molar-refractivity contribution is 0.576. The Kier molecular flexibility index (Phi) is 2.39. The van der Waals surface area contributed by atoms with Crippen molar-refractivity contribution in [1.29, 1.82) is 0 Å². The summed E-state index contributed by atoms with van der Waals surface area (Å²) in [7, 11) is -3.59. The molecule has 2 heterocycles. The first kappa shape index (κ1) is 11.0. The van der Waals surface area contributed by atoms with E-state index in [0.29, 0.717) is 5.65 Å². The second-order valence-corrected chi connectivity index (χ2v) is 6.02. The van der Waals surface area contributed by atoms with Crippen molar-refractivity contribution in [2.75, 3.05) is 0 Å². The van der Waals surface area contributed by atoms with Gasteiger partial charge in [-0.3, -0.25) is 4.40 Å². The maximum atomic E-state index is 12.1. The number of nitrogens with one attached hydrogen (secondary N) is 1. The first-order chi connectivity index (χ1) is 8.08. The van der Waals surface area contributed by atoms with Crippen molar-refractivity contribution in [2.24, 2.45) is 0 Å². The monoisotopic (exact) mass is 271 g/mol. The first-order valence-electron chi connectivity index (χ1n) is 5.23. The lowest BCUT2D eigenvalue weighted by Crippen LogP contribution is -2.27. The Labute approximate surface area is 103 Å². The van der Waals surface area contributed by atoms with Crippen LogP contribution in [0.2, 0.25) is 5.15 Å². The molecule has 0 amide bonds. The normalized spacial score (nSPS) is 16.5. The van der Waals surface area contributed by atoms with E-state index < -0.39 is 10.0 Å². The fraction of sp³-hybridized carbons (Fsp3) is 0.300. The summed E-state index contributed by atoms with van der Waals surface area (Å²) in [6.45, 7) is 0. The van der Waals surface area contributed by atoms with Gasteiger partial charge in [-0.2, -0.15) is 0 Å². The van der Waals surface area contributed by atoms with Gasteiger partial charge in [0.15, 0.2) is 10.2 Å². The highest BCUT2D eigenvalue weighted by Gasteiger charge is 2.31. The van der Waals surface area contributed by atoms with Gasteiger partial charge in [0.25, 0.3) is 10.0 Å². The van der Waals surface area contributed by atoms with Crippen LogP contribution in [0.4, 0.5) is 0 Å². The molecule has 2 aromatic rings. The maximum absolute atomic E-state index is 12.1. The molecule has 17 heavy (non-hydrogen) atoms. The smallest absolute Gasteiger partial charge is 0.260 e. The summed E-state index contributed by atoms with van der Waals surface area (Å²) in [5.74, 6) is 0. The van der Waals surface area contributed by atoms with Gasteiger partial charge in [0.2, 0.25) is 0 Å². The molecule has 1 fully saturated rings. The van der Waals surface area contributed by atoms with Gasteiger partial charge in [0.05, 0.1) is 0 Å². The van der Waals surface area contributed by atoms with Gasteiger partial charge in [-0.15, -0.1) is 0 Å². The van der Waals surface area contributed by atoms with E-state index in [4.69, 9.17) is 11.6 Å². The van der Waals surface area contributed by atoms with Crippen LogP contribution in [-0.2, 0) is 10.0 Å². The molecule has 0 atom stereocenters. The fourth-order valence-corrected chi connectivity index (χ4v) is 3.61. The third-order valence-electron chi connectivity index (χ3n) is 2.60. The molecule has 2 aromatic heterocycles. The van der Waals surface area contributed by atoms with Gasteiger partial charge in [0, 0.05) is 12.2 Å². The minimum absolute atomic E-state index is 0.00403. The molecule has 3 rings (SSSR count). The summed E-state index contributed by atoms with van der Waals surface area (Å²) < 4.78 is 28.3. The molecule has 0 radical (unpaired) electrons. The molecule has 7 heteroatoms. The number of hydrogen-bond acceptors (Lipinski definition) is 3. The van der Waals surface area contributed by atoms with Gasteiger partial charge >= 0.3 is 0 Å². The molecule has 5 nitrogen and oxygen atoms in total. The van der Waals surface area contributed by atoms with E-state index in [1.807, 2.05) is 0 Å².